The van der Waals surface area contributed by atoms with Gasteiger partial charge in [0.2, 0.25) is 0 Å². The Balaban J connectivity index is 0.000000550. The van der Waals surface area contributed by atoms with Crippen molar-refractivity contribution in [2.24, 2.45) is 0 Å². The molecule has 4 nitrogen and oxygen atoms in total. The quantitative estimate of drug-likeness (QED) is 0.781. The van der Waals surface area contributed by atoms with Gasteiger partial charge in [-0.2, -0.15) is 30.3 Å². The molecule has 0 saturated heterocycles. The fourth-order valence-corrected chi connectivity index (χ4v) is 1.70. The molecular formula is C13H9BrNO3Tc. The zero-order chi connectivity index (χ0) is 14.1. The molecule has 0 heterocycles. The molecule has 1 N–H and O–H groups in total. The van der Waals surface area contributed by atoms with Crippen molar-refractivity contribution in [2.75, 3.05) is 5.32 Å². The van der Waals surface area contributed by atoms with Gasteiger partial charge in [-0.3, -0.25) is 4.79 Å². The van der Waals surface area contributed by atoms with Crippen LogP contribution in [0.25, 0.3) is 0 Å². The minimum atomic E-state index is -1.91. The Morgan fingerprint density at radius 2 is 1.95 bits per heavy atom. The molecule has 0 bridgehead atoms. The fraction of sp³-hybridized carbons (Fsp3) is 0. The molecule has 0 aliphatic rings. The van der Waals surface area contributed by atoms with Crippen LogP contribution in [0.15, 0.2) is 53.0 Å². The van der Waals surface area contributed by atoms with Crippen LogP contribution in [0, 0.1) is 6.07 Å². The summed E-state index contributed by atoms with van der Waals surface area (Å²) in [5, 5.41) is 2.81. The zero-order valence-corrected chi connectivity index (χ0v) is 13.0. The first-order valence-corrected chi connectivity index (χ1v) is 7.40. The summed E-state index contributed by atoms with van der Waals surface area (Å²) >= 11 is 1.44. The van der Waals surface area contributed by atoms with Crippen LogP contribution in [-0.4, -0.2) is 5.91 Å². The van der Waals surface area contributed by atoms with E-state index in [1.165, 1.54) is 0 Å². The number of anilines is 1. The summed E-state index contributed by atoms with van der Waals surface area (Å²) in [7, 11) is 0. The molecule has 0 radical (unpaired) electrons. The van der Waals surface area contributed by atoms with Crippen molar-refractivity contribution in [2.45, 2.75) is 0 Å². The Hall–Kier alpha value is -1.36. The van der Waals surface area contributed by atoms with Gasteiger partial charge in [0.05, 0.1) is 0 Å². The van der Waals surface area contributed by atoms with Gasteiger partial charge >= 0.3 is 24.6 Å². The number of hydrogen-bond acceptors (Lipinski definition) is 3. The van der Waals surface area contributed by atoms with Crippen LogP contribution in [0.4, 0.5) is 5.69 Å². The monoisotopic (exact) mass is 403 g/mol. The van der Waals surface area contributed by atoms with Gasteiger partial charge in [0.15, 0.2) is 5.91 Å². The van der Waals surface area contributed by atoms with Gasteiger partial charge in [0, 0.05) is 10.2 Å². The van der Waals surface area contributed by atoms with Gasteiger partial charge < -0.3 is 5.32 Å². The van der Waals surface area contributed by atoms with Crippen LogP contribution < -0.4 is 5.32 Å². The van der Waals surface area contributed by atoms with E-state index in [0.717, 1.165) is 10.2 Å². The van der Waals surface area contributed by atoms with Crippen molar-refractivity contribution in [1.29, 1.82) is 0 Å². The number of carbonyl (C=O) groups excluding carboxylic acids is 1. The average molecular weight is 405 g/mol. The summed E-state index contributed by atoms with van der Waals surface area (Å²) in [5.74, 6) is -0.130. The molecule has 0 saturated carbocycles. The Bertz CT molecular complexity index is 583. The summed E-state index contributed by atoms with van der Waals surface area (Å²) in [6, 6.07) is 17.3. The van der Waals surface area contributed by atoms with Crippen molar-refractivity contribution in [1.82, 2.24) is 0 Å². The van der Waals surface area contributed by atoms with Crippen molar-refractivity contribution in [3.05, 3.63) is 64.6 Å². The van der Waals surface area contributed by atoms with Gasteiger partial charge in [-0.25, -0.2) is 0 Å². The Morgan fingerprint density at radius 3 is 2.53 bits per heavy atom. The Kier molecular flexibility index (Phi) is 7.18. The predicted molar refractivity (Wildman–Crippen MR) is 68.7 cm³/mol. The molecule has 1 amide bonds. The molecule has 2 aromatic carbocycles. The van der Waals surface area contributed by atoms with Crippen LogP contribution in [-0.2, 0) is 24.6 Å². The van der Waals surface area contributed by atoms with E-state index in [1.807, 2.05) is 24.3 Å². The van der Waals surface area contributed by atoms with Crippen molar-refractivity contribution < 1.29 is 29.4 Å². The fourth-order valence-electron chi connectivity index (χ4n) is 1.30. The molecule has 0 unspecified atom stereocenters. The summed E-state index contributed by atoms with van der Waals surface area (Å²) in [6.45, 7) is 0. The maximum atomic E-state index is 11.8. The average Bonchev–Trinajstić information content (AvgIpc) is 2.40. The van der Waals surface area contributed by atoms with Crippen LogP contribution in [0.3, 0.4) is 0 Å². The van der Waals surface area contributed by atoms with E-state index < -0.39 is 17.6 Å². The summed E-state index contributed by atoms with van der Waals surface area (Å²) in [4.78, 5) is 11.8. The normalized spacial score (nSPS) is 8.89. The van der Waals surface area contributed by atoms with Gasteiger partial charge in [-0.1, -0.05) is 27.6 Å². The Morgan fingerprint density at radius 1 is 1.21 bits per heavy atom. The van der Waals surface area contributed by atoms with E-state index in [1.54, 1.807) is 24.3 Å². The van der Waals surface area contributed by atoms with Crippen LogP contribution in [0.5, 0.6) is 0 Å². The van der Waals surface area contributed by atoms with Crippen molar-refractivity contribution in [3.8, 4) is 0 Å². The van der Waals surface area contributed by atoms with E-state index in [-0.39, 0.29) is 5.91 Å². The van der Waals surface area contributed by atoms with Gasteiger partial charge in [0.25, 0.3) is 0 Å². The predicted octanol–water partition coefficient (Wildman–Crippen LogP) is 3.26. The first kappa shape index (κ1) is 15.7. The third-order valence-electron chi connectivity index (χ3n) is 2.05. The summed E-state index contributed by atoms with van der Waals surface area (Å²) < 4.78 is 17.9. The zero-order valence-electron chi connectivity index (χ0n) is 9.60. The minimum absolute atomic E-state index is 0.130. The number of amides is 1. The molecule has 6 heteroatoms. The van der Waals surface area contributed by atoms with Crippen molar-refractivity contribution in [3.63, 3.8) is 0 Å². The summed E-state index contributed by atoms with van der Waals surface area (Å²) in [5.41, 5.74) is 1.37. The van der Waals surface area contributed by atoms with E-state index in [9.17, 15) is 4.79 Å². The number of rotatable bonds is 2. The van der Waals surface area contributed by atoms with Gasteiger partial charge in [0.1, 0.15) is 0 Å². The van der Waals surface area contributed by atoms with Gasteiger partial charge in [-0.05, 0) is 18.2 Å². The molecule has 0 atom stereocenters. The number of halogens is 1. The third kappa shape index (κ3) is 5.87. The molecule has 0 aliphatic heterocycles. The van der Waals surface area contributed by atoms with E-state index in [0.29, 0.717) is 5.56 Å². The van der Waals surface area contributed by atoms with E-state index in [4.69, 9.17) is 7.01 Å². The molecule has 0 aliphatic carbocycles. The SMILES string of the molecule is O=C(Nc1cccc(Br)c1)c1c[c-]ccc1.[O]=[Tc+]=[O]. The molecule has 0 spiro atoms. The van der Waals surface area contributed by atoms with Crippen LogP contribution in [0.1, 0.15) is 10.4 Å². The molecular weight excluding hydrogens is 396 g/mol. The second kappa shape index (κ2) is 8.69. The van der Waals surface area contributed by atoms with Crippen molar-refractivity contribution >= 4 is 27.5 Å². The number of hydrogen-bond donors (Lipinski definition) is 1. The molecule has 0 aromatic heterocycles. The first-order chi connectivity index (χ1) is 9.17. The van der Waals surface area contributed by atoms with E-state index >= 15 is 0 Å². The molecule has 0 fully saturated rings. The number of carbonyl (C=O) groups is 1. The van der Waals surface area contributed by atoms with E-state index in [2.05, 4.69) is 27.3 Å². The maximum absolute atomic E-state index is 11.8. The topological polar surface area (TPSA) is 63.2 Å². The molecule has 2 aromatic rings. The standard InChI is InChI=1S/C13H9BrNO.2O.Tc/c14-11-7-4-8-12(9-11)15-13(16)10-5-2-1-3-6-10;;;/h1-2,4-9H,(H,15,16);;;/q-1;;;+1. The van der Waals surface area contributed by atoms with Gasteiger partial charge in [-0.15, -0.1) is 0 Å². The molecule has 98 valence electrons. The van der Waals surface area contributed by atoms with Crippen LogP contribution >= 0.6 is 15.9 Å². The first-order valence-electron chi connectivity index (χ1n) is 5.09. The number of benzene rings is 2. The second-order valence-electron chi connectivity index (χ2n) is 3.32. The second-order valence-corrected chi connectivity index (χ2v) is 4.54. The number of nitrogens with one attached hydrogen (secondary N) is 1. The third-order valence-corrected chi connectivity index (χ3v) is 2.54. The molecule has 19 heavy (non-hydrogen) atoms. The van der Waals surface area contributed by atoms with Crippen LogP contribution in [0.2, 0.25) is 0 Å². The summed E-state index contributed by atoms with van der Waals surface area (Å²) in [6.07, 6.45) is 0. The Labute approximate surface area is 126 Å². The molecule has 2 rings (SSSR count).